The van der Waals surface area contributed by atoms with Crippen molar-refractivity contribution < 1.29 is 24.2 Å². The van der Waals surface area contributed by atoms with E-state index in [0.29, 0.717) is 44.6 Å². The summed E-state index contributed by atoms with van der Waals surface area (Å²) < 4.78 is 11.5. The van der Waals surface area contributed by atoms with Crippen LogP contribution in [0.5, 0.6) is 0 Å². The van der Waals surface area contributed by atoms with Gasteiger partial charge in [0.1, 0.15) is 0 Å². The van der Waals surface area contributed by atoms with Gasteiger partial charge in [0.25, 0.3) is 0 Å². The van der Waals surface area contributed by atoms with Crippen LogP contribution in [0.25, 0.3) is 0 Å². The molecule has 0 spiro atoms. The number of esters is 2. The fourth-order valence-electron chi connectivity index (χ4n) is 9.61. The number of ether oxygens (including phenoxy) is 2. The highest BCUT2D eigenvalue weighted by molar-refractivity contribution is 5.69. The van der Waals surface area contributed by atoms with Gasteiger partial charge in [0.15, 0.2) is 0 Å². The van der Waals surface area contributed by atoms with Gasteiger partial charge < -0.3 is 14.6 Å². The maximum absolute atomic E-state index is 12.9. The Labute approximate surface area is 386 Å². The lowest BCUT2D eigenvalue weighted by molar-refractivity contribution is -0.145. The molecular formula is C55H108N2O5. The molecule has 0 saturated heterocycles. The van der Waals surface area contributed by atoms with Crippen LogP contribution in [0.3, 0.4) is 0 Å². The number of aliphatic hydroxyl groups excluding tert-OH is 1. The van der Waals surface area contributed by atoms with Crippen molar-refractivity contribution in [1.29, 1.82) is 0 Å². The largest absolute Gasteiger partial charge is 0.466 e. The second-order valence-electron chi connectivity index (χ2n) is 19.6. The summed E-state index contributed by atoms with van der Waals surface area (Å²) in [5.74, 6) is 0.484. The molecule has 0 radical (unpaired) electrons. The summed E-state index contributed by atoms with van der Waals surface area (Å²) in [4.78, 5) is 30.4. The maximum atomic E-state index is 12.9. The van der Waals surface area contributed by atoms with E-state index in [-0.39, 0.29) is 18.5 Å². The van der Waals surface area contributed by atoms with E-state index < -0.39 is 0 Å². The molecule has 1 N–H and O–H groups in total. The van der Waals surface area contributed by atoms with Crippen molar-refractivity contribution in [1.82, 2.24) is 9.80 Å². The van der Waals surface area contributed by atoms with Gasteiger partial charge in [0.2, 0.25) is 0 Å². The fourth-order valence-corrected chi connectivity index (χ4v) is 9.61. The van der Waals surface area contributed by atoms with E-state index in [1.54, 1.807) is 0 Å². The molecule has 0 aromatic heterocycles. The standard InChI is InChI=1S/C55H108N2O5/c1-4-7-10-13-16-19-22-25-37-50-61-54(59)42-34-28-36-45-57(53-40-31-26-32-41-53)47-46-56(48-49-58)44-35-27-33-43-55(60)62-51-52(38-29-23-20-17-14-11-8-5-2)39-30-24-21-18-15-12-9-6-3/h52-53,58H,4-51H2,1-3H3. The lowest BCUT2D eigenvalue weighted by atomic mass is 9.94. The number of carbonyl (C=O) groups excluding carboxylic acids is 2. The fraction of sp³-hybridized carbons (Fsp3) is 0.964. The zero-order valence-electron chi connectivity index (χ0n) is 42.1. The maximum Gasteiger partial charge on any atom is 0.305 e. The Morgan fingerprint density at radius 3 is 1.40 bits per heavy atom. The average molecular weight is 877 g/mol. The summed E-state index contributed by atoms with van der Waals surface area (Å²) in [7, 11) is 0. The first-order valence-electron chi connectivity index (χ1n) is 27.9. The monoisotopic (exact) mass is 877 g/mol. The van der Waals surface area contributed by atoms with Gasteiger partial charge in [-0.05, 0) is 76.8 Å². The van der Waals surface area contributed by atoms with Crippen molar-refractivity contribution >= 4 is 11.9 Å². The van der Waals surface area contributed by atoms with Crippen molar-refractivity contribution in [3.05, 3.63) is 0 Å². The van der Waals surface area contributed by atoms with Gasteiger partial charge in [-0.25, -0.2) is 0 Å². The van der Waals surface area contributed by atoms with E-state index in [2.05, 4.69) is 30.6 Å². The molecule has 62 heavy (non-hydrogen) atoms. The SMILES string of the molecule is CCCCCCCCCCCOC(=O)CCCCCN(CCN(CCO)CCCCCC(=O)OCC(CCCCCCCCCC)CCCCCCCCCC)C1CCCCC1. The third-order valence-electron chi connectivity index (χ3n) is 13.8. The second-order valence-corrected chi connectivity index (χ2v) is 19.6. The highest BCUT2D eigenvalue weighted by Gasteiger charge is 2.21. The normalized spacial score (nSPS) is 13.5. The van der Waals surface area contributed by atoms with Crippen LogP contribution in [-0.2, 0) is 19.1 Å². The Morgan fingerprint density at radius 2 is 0.903 bits per heavy atom. The van der Waals surface area contributed by atoms with E-state index >= 15 is 0 Å². The zero-order chi connectivity index (χ0) is 44.8. The highest BCUT2D eigenvalue weighted by Crippen LogP contribution is 2.24. The van der Waals surface area contributed by atoms with Gasteiger partial charge in [0.05, 0.1) is 19.8 Å². The third kappa shape index (κ3) is 38.1. The van der Waals surface area contributed by atoms with Crippen molar-refractivity contribution in [2.45, 2.75) is 284 Å². The molecule has 0 amide bonds. The molecule has 0 atom stereocenters. The van der Waals surface area contributed by atoms with Crippen LogP contribution >= 0.6 is 0 Å². The van der Waals surface area contributed by atoms with Crippen LogP contribution in [0, 0.1) is 5.92 Å². The topological polar surface area (TPSA) is 79.3 Å². The Bertz CT molecular complexity index is 923. The summed E-state index contributed by atoms with van der Waals surface area (Å²) in [6.07, 6.45) is 49.1. The molecule has 1 aliphatic carbocycles. The number of hydrogen-bond donors (Lipinski definition) is 1. The molecule has 368 valence electrons. The van der Waals surface area contributed by atoms with Crippen LogP contribution in [0.1, 0.15) is 278 Å². The molecule has 7 nitrogen and oxygen atoms in total. The first kappa shape index (κ1) is 58.8. The molecule has 7 heteroatoms. The summed E-state index contributed by atoms with van der Waals surface area (Å²) in [6.45, 7) is 13.0. The molecule has 0 bridgehead atoms. The van der Waals surface area contributed by atoms with Crippen LogP contribution in [0.4, 0.5) is 0 Å². The predicted octanol–water partition coefficient (Wildman–Crippen LogP) is 15.3. The van der Waals surface area contributed by atoms with Crippen molar-refractivity contribution in [3.8, 4) is 0 Å². The molecule has 1 saturated carbocycles. The number of nitrogens with zero attached hydrogens (tertiary/aromatic N) is 2. The molecule has 1 fully saturated rings. The van der Waals surface area contributed by atoms with Gasteiger partial charge in [0, 0.05) is 38.5 Å². The van der Waals surface area contributed by atoms with Gasteiger partial charge in [-0.2, -0.15) is 0 Å². The van der Waals surface area contributed by atoms with Gasteiger partial charge in [-0.1, -0.05) is 207 Å². The van der Waals surface area contributed by atoms with Crippen LogP contribution in [0.15, 0.2) is 0 Å². The first-order valence-corrected chi connectivity index (χ1v) is 27.9. The van der Waals surface area contributed by atoms with Gasteiger partial charge >= 0.3 is 11.9 Å². The van der Waals surface area contributed by atoms with Crippen LogP contribution < -0.4 is 0 Å². The Kier molecular flexibility index (Phi) is 44.0. The minimum absolute atomic E-state index is 0.0110. The van der Waals surface area contributed by atoms with Gasteiger partial charge in [-0.15, -0.1) is 0 Å². The van der Waals surface area contributed by atoms with E-state index in [1.807, 2.05) is 0 Å². The number of rotatable bonds is 48. The first-order chi connectivity index (χ1) is 30.5. The number of carbonyl (C=O) groups is 2. The third-order valence-corrected chi connectivity index (χ3v) is 13.8. The quantitative estimate of drug-likeness (QED) is 0.0482. The summed E-state index contributed by atoms with van der Waals surface area (Å²) in [5, 5.41) is 9.90. The van der Waals surface area contributed by atoms with Crippen molar-refractivity contribution in [2.24, 2.45) is 5.92 Å². The van der Waals surface area contributed by atoms with Crippen LogP contribution in [-0.4, -0.2) is 85.4 Å². The van der Waals surface area contributed by atoms with Crippen LogP contribution in [0.2, 0.25) is 0 Å². The minimum atomic E-state index is -0.0208. The smallest absolute Gasteiger partial charge is 0.305 e. The Morgan fingerprint density at radius 1 is 0.468 bits per heavy atom. The average Bonchev–Trinajstić information content (AvgIpc) is 3.28. The van der Waals surface area contributed by atoms with E-state index in [1.165, 1.54) is 199 Å². The van der Waals surface area contributed by atoms with Gasteiger partial charge in [-0.3, -0.25) is 19.4 Å². The van der Waals surface area contributed by atoms with E-state index in [4.69, 9.17) is 9.47 Å². The number of aliphatic hydroxyl groups is 1. The lowest BCUT2D eigenvalue weighted by Gasteiger charge is -2.36. The lowest BCUT2D eigenvalue weighted by Crippen LogP contribution is -2.43. The molecule has 1 rings (SSSR count). The minimum Gasteiger partial charge on any atom is -0.466 e. The predicted molar refractivity (Wildman–Crippen MR) is 266 cm³/mol. The summed E-state index contributed by atoms with van der Waals surface area (Å²) >= 11 is 0. The number of unbranched alkanes of at least 4 members (excludes halogenated alkanes) is 26. The molecule has 0 aliphatic heterocycles. The van der Waals surface area contributed by atoms with Crippen molar-refractivity contribution in [2.75, 3.05) is 52.5 Å². The summed E-state index contributed by atoms with van der Waals surface area (Å²) in [6, 6.07) is 0.660. The van der Waals surface area contributed by atoms with Crippen molar-refractivity contribution in [3.63, 3.8) is 0 Å². The Hall–Kier alpha value is -1.18. The zero-order valence-corrected chi connectivity index (χ0v) is 42.1. The summed E-state index contributed by atoms with van der Waals surface area (Å²) in [5.41, 5.74) is 0. The Balaban J connectivity index is 2.35. The molecule has 0 aromatic carbocycles. The second kappa shape index (κ2) is 46.4. The van der Waals surface area contributed by atoms with E-state index in [0.717, 1.165) is 71.1 Å². The molecule has 1 aliphatic rings. The molecule has 0 aromatic rings. The molecule has 0 unspecified atom stereocenters. The number of hydrogen-bond acceptors (Lipinski definition) is 7. The highest BCUT2D eigenvalue weighted by atomic mass is 16.5. The molecule has 0 heterocycles. The molecular weight excluding hydrogens is 769 g/mol. The van der Waals surface area contributed by atoms with E-state index in [9.17, 15) is 14.7 Å².